The van der Waals surface area contributed by atoms with Crippen molar-refractivity contribution in [1.29, 1.82) is 0 Å². The van der Waals surface area contributed by atoms with Gasteiger partial charge in [0, 0.05) is 17.0 Å². The molecule has 5 rings (SSSR count). The van der Waals surface area contributed by atoms with Gasteiger partial charge in [-0.25, -0.2) is 19.3 Å². The van der Waals surface area contributed by atoms with Crippen molar-refractivity contribution in [2.75, 3.05) is 18.9 Å². The molecule has 2 fully saturated rings. The van der Waals surface area contributed by atoms with Crippen molar-refractivity contribution < 1.29 is 32.9 Å². The van der Waals surface area contributed by atoms with Gasteiger partial charge in [0.05, 0.1) is 30.7 Å². The molecule has 2 unspecified atom stereocenters. The van der Waals surface area contributed by atoms with Crippen LogP contribution in [0.3, 0.4) is 0 Å². The van der Waals surface area contributed by atoms with Gasteiger partial charge < -0.3 is 34.3 Å². The topological polar surface area (TPSA) is 147 Å². The maximum Gasteiger partial charge on any atom is 0.333 e. The van der Waals surface area contributed by atoms with Gasteiger partial charge in [-0.3, -0.25) is 4.57 Å². The number of benzene rings is 1. The zero-order valence-electron chi connectivity index (χ0n) is 17.3. The van der Waals surface area contributed by atoms with Crippen LogP contribution in [0.25, 0.3) is 11.2 Å². The van der Waals surface area contributed by atoms with Gasteiger partial charge in [0.15, 0.2) is 17.7 Å². The summed E-state index contributed by atoms with van der Waals surface area (Å²) in [7, 11) is -1.85. The summed E-state index contributed by atoms with van der Waals surface area (Å²) >= 11 is 12.0. The Morgan fingerprint density at radius 2 is 2.03 bits per heavy atom. The molecular weight excluding hydrogens is 515 g/mol. The van der Waals surface area contributed by atoms with Crippen LogP contribution in [-0.4, -0.2) is 61.3 Å². The number of anilines is 1. The van der Waals surface area contributed by atoms with Gasteiger partial charge in [0.1, 0.15) is 36.0 Å². The Kier molecular flexibility index (Phi) is 6.86. The Bertz CT molecular complexity index is 1210. The smallest absolute Gasteiger partial charge is 0.333 e. The van der Waals surface area contributed by atoms with Crippen molar-refractivity contribution in [2.45, 2.75) is 37.1 Å². The number of aromatic nitrogens is 4. The van der Waals surface area contributed by atoms with E-state index in [1.807, 2.05) is 0 Å². The van der Waals surface area contributed by atoms with Crippen LogP contribution >= 0.6 is 31.8 Å². The first-order valence-electron chi connectivity index (χ1n) is 10.1. The second kappa shape index (κ2) is 9.73. The van der Waals surface area contributed by atoms with E-state index in [9.17, 15) is 14.6 Å². The average molecular weight is 534 g/mol. The highest BCUT2D eigenvalue weighted by molar-refractivity contribution is 7.41. The van der Waals surface area contributed by atoms with Crippen molar-refractivity contribution in [2.24, 2.45) is 0 Å². The maximum absolute atomic E-state index is 13.9. The Hall–Kier alpha value is -1.73. The van der Waals surface area contributed by atoms with E-state index < -0.39 is 45.1 Å². The van der Waals surface area contributed by atoms with Crippen LogP contribution in [-0.2, 0) is 18.3 Å². The lowest BCUT2D eigenvalue weighted by Crippen LogP contribution is -2.33. The molecule has 0 aliphatic carbocycles. The third-order valence-electron chi connectivity index (χ3n) is 5.52. The largest absolute Gasteiger partial charge is 0.387 e. The van der Waals surface area contributed by atoms with E-state index in [0.717, 1.165) is 0 Å². The number of nitrogens with two attached hydrogens (primary N) is 1. The van der Waals surface area contributed by atoms with Crippen molar-refractivity contribution in [1.82, 2.24) is 19.5 Å². The van der Waals surface area contributed by atoms with E-state index in [-0.39, 0.29) is 22.5 Å². The molecule has 0 spiro atoms. The molecule has 4 N–H and O–H groups in total. The molecule has 3 aromatic rings. The highest BCUT2D eigenvalue weighted by atomic mass is 35.5. The number of aliphatic hydroxyl groups is 2. The van der Waals surface area contributed by atoms with Gasteiger partial charge in [0.25, 0.3) is 0 Å². The molecule has 2 aliphatic rings. The summed E-state index contributed by atoms with van der Waals surface area (Å²) < 4.78 is 38.3. The third-order valence-corrected chi connectivity index (χ3v) is 7.32. The van der Waals surface area contributed by atoms with E-state index in [1.54, 1.807) is 0 Å². The van der Waals surface area contributed by atoms with Gasteiger partial charge in [0.2, 0.25) is 0 Å². The molecule has 6 atom stereocenters. The number of halogens is 3. The number of rotatable bonds is 5. The van der Waals surface area contributed by atoms with Crippen LogP contribution in [0.4, 0.5) is 10.2 Å². The zero-order valence-corrected chi connectivity index (χ0v) is 19.7. The van der Waals surface area contributed by atoms with Crippen LogP contribution in [0.1, 0.15) is 24.3 Å². The molecule has 0 amide bonds. The standard InChI is InChI=1S/C19H19Cl2FN5O6P/c20-9-4-10(21)11(22)3-8(9)12-1-2-30-34(33-12)31-5-13-15(28)16(29)19(32-13)27-7-26-14-17(23)24-6-25-18(14)27/h3-4,6-7,12-13,15-16,19,28-29H,1-2,5H2,(H2,23,24,25)/t12?,13-,15-,16-,19-,34?/m1/s1. The molecule has 182 valence electrons. The first-order chi connectivity index (χ1) is 16.3. The van der Waals surface area contributed by atoms with Crippen molar-refractivity contribution in [3.8, 4) is 0 Å². The van der Waals surface area contributed by atoms with E-state index in [2.05, 4.69) is 15.0 Å². The fraction of sp³-hybridized carbons (Fsp3) is 0.421. The van der Waals surface area contributed by atoms with Crippen LogP contribution in [0.15, 0.2) is 24.8 Å². The number of nitrogen functional groups attached to an aromatic ring is 1. The predicted octanol–water partition coefficient (Wildman–Crippen LogP) is 2.90. The Morgan fingerprint density at radius 1 is 1.21 bits per heavy atom. The van der Waals surface area contributed by atoms with E-state index >= 15 is 0 Å². The molecule has 4 heterocycles. The van der Waals surface area contributed by atoms with Gasteiger partial charge in [-0.05, 0) is 12.1 Å². The van der Waals surface area contributed by atoms with E-state index in [1.165, 1.54) is 29.4 Å². The van der Waals surface area contributed by atoms with Crippen molar-refractivity contribution in [3.63, 3.8) is 0 Å². The fourth-order valence-corrected chi connectivity index (χ4v) is 5.42. The summed E-state index contributed by atoms with van der Waals surface area (Å²) in [5, 5.41) is 21.3. The summed E-state index contributed by atoms with van der Waals surface area (Å²) in [6.07, 6.45) is -1.89. The van der Waals surface area contributed by atoms with Crippen LogP contribution in [0, 0.1) is 5.82 Å². The van der Waals surface area contributed by atoms with Crippen LogP contribution < -0.4 is 5.73 Å². The Balaban J connectivity index is 1.24. The average Bonchev–Trinajstić information content (AvgIpc) is 3.37. The number of ether oxygens (including phenoxy) is 1. The Morgan fingerprint density at radius 3 is 2.85 bits per heavy atom. The lowest BCUT2D eigenvalue weighted by Gasteiger charge is -2.29. The lowest BCUT2D eigenvalue weighted by molar-refractivity contribution is -0.0529. The summed E-state index contributed by atoms with van der Waals surface area (Å²) in [5.41, 5.74) is 6.94. The van der Waals surface area contributed by atoms with Gasteiger partial charge >= 0.3 is 8.60 Å². The van der Waals surface area contributed by atoms with Crippen LogP contribution in [0.5, 0.6) is 0 Å². The zero-order chi connectivity index (χ0) is 24.0. The minimum atomic E-state index is -1.85. The van der Waals surface area contributed by atoms with Crippen LogP contribution in [0.2, 0.25) is 10.0 Å². The van der Waals surface area contributed by atoms with Gasteiger partial charge in [-0.1, -0.05) is 23.2 Å². The molecule has 1 aromatic carbocycles. The third kappa shape index (κ3) is 4.46. The molecule has 2 aliphatic heterocycles. The van der Waals surface area contributed by atoms with E-state index in [4.69, 9.17) is 47.2 Å². The summed E-state index contributed by atoms with van der Waals surface area (Å²) in [6, 6.07) is 2.54. The maximum atomic E-state index is 13.9. The molecule has 0 bridgehead atoms. The quantitative estimate of drug-likeness (QED) is 0.330. The van der Waals surface area contributed by atoms with Crippen molar-refractivity contribution >= 4 is 48.8 Å². The number of hydrogen-bond acceptors (Lipinski definition) is 10. The molecule has 2 saturated heterocycles. The number of aliphatic hydroxyl groups excluding tert-OH is 2. The van der Waals surface area contributed by atoms with E-state index in [0.29, 0.717) is 29.8 Å². The first-order valence-corrected chi connectivity index (χ1v) is 12.0. The number of hydrogen-bond donors (Lipinski definition) is 3. The molecule has 34 heavy (non-hydrogen) atoms. The Labute approximate surface area is 203 Å². The molecule has 11 nitrogen and oxygen atoms in total. The second-order valence-electron chi connectivity index (χ2n) is 7.65. The number of fused-ring (bicyclic) bond motifs is 1. The molecule has 0 saturated carbocycles. The summed E-state index contributed by atoms with van der Waals surface area (Å²) in [4.78, 5) is 12.2. The summed E-state index contributed by atoms with van der Waals surface area (Å²) in [5.74, 6) is -0.427. The number of nitrogens with zero attached hydrogens (tertiary/aromatic N) is 4. The number of imidazole rings is 1. The fourth-order valence-electron chi connectivity index (χ4n) is 3.77. The SMILES string of the molecule is Nc1ncnc2c1ncn2[C@@H]1O[C@H](COP2OCCC(c3cc(F)c(Cl)cc3Cl)O2)[C@@H](O)[C@H]1O. The minimum Gasteiger partial charge on any atom is -0.387 e. The summed E-state index contributed by atoms with van der Waals surface area (Å²) in [6.45, 7) is 0.151. The lowest BCUT2D eigenvalue weighted by atomic mass is 10.1. The first kappa shape index (κ1) is 24.0. The van der Waals surface area contributed by atoms with Gasteiger partial charge in [-0.2, -0.15) is 0 Å². The molecule has 0 radical (unpaired) electrons. The van der Waals surface area contributed by atoms with Gasteiger partial charge in [-0.15, -0.1) is 0 Å². The highest BCUT2D eigenvalue weighted by Crippen LogP contribution is 2.51. The predicted molar refractivity (Wildman–Crippen MR) is 119 cm³/mol. The van der Waals surface area contributed by atoms with Crippen molar-refractivity contribution in [3.05, 3.63) is 46.2 Å². The highest BCUT2D eigenvalue weighted by Gasteiger charge is 2.45. The molecule has 15 heteroatoms. The normalized spacial score (nSPS) is 29.7. The second-order valence-corrected chi connectivity index (χ2v) is 9.64. The molecule has 2 aromatic heterocycles. The molecular formula is C19H19Cl2FN5O6P. The minimum absolute atomic E-state index is 0.0837. The monoisotopic (exact) mass is 533 g/mol.